The number of nitrogens with one attached hydrogen (secondary N) is 1. The van der Waals surface area contributed by atoms with Crippen LogP contribution >= 0.6 is 0 Å². The molecule has 0 atom stereocenters. The van der Waals surface area contributed by atoms with E-state index in [0.717, 1.165) is 49.7 Å². The summed E-state index contributed by atoms with van der Waals surface area (Å²) in [5, 5.41) is 0. The summed E-state index contributed by atoms with van der Waals surface area (Å²) in [4.78, 5) is 33.4. The lowest BCUT2D eigenvalue weighted by molar-refractivity contribution is -0.117. The Morgan fingerprint density at radius 1 is 0.950 bits per heavy atom. The molecule has 1 aliphatic carbocycles. The Morgan fingerprint density at radius 2 is 1.40 bits per heavy atom. The van der Waals surface area contributed by atoms with E-state index in [9.17, 15) is 9.59 Å². The molecule has 0 radical (unpaired) electrons. The number of allylic oxidation sites excluding steroid dienone is 1. The molecule has 1 N–H and O–H groups in total. The van der Waals surface area contributed by atoms with Crippen molar-refractivity contribution in [1.82, 2.24) is 19.7 Å². The van der Waals surface area contributed by atoms with Crippen molar-refractivity contribution in [2.24, 2.45) is 0 Å². The van der Waals surface area contributed by atoms with Gasteiger partial charge >= 0.3 is 0 Å². The first-order valence-electron chi connectivity index (χ1n) is 7.05. The number of carbonyl (C=O) groups excluding carboxylic acids is 2. The highest BCUT2D eigenvalue weighted by Crippen LogP contribution is 2.33. The second-order valence-electron chi connectivity index (χ2n) is 5.38. The summed E-state index contributed by atoms with van der Waals surface area (Å²) in [6, 6.07) is 0. The van der Waals surface area contributed by atoms with Gasteiger partial charge in [-0.1, -0.05) is 0 Å². The lowest BCUT2D eigenvalue weighted by Crippen LogP contribution is -2.29. The third kappa shape index (κ3) is 2.50. The van der Waals surface area contributed by atoms with Crippen molar-refractivity contribution in [3.05, 3.63) is 23.2 Å². The molecule has 3 fully saturated rings. The first-order valence-corrected chi connectivity index (χ1v) is 8.05. The molecule has 0 aromatic heterocycles. The molecule has 6 nitrogen and oxygen atoms in total. The monoisotopic (exact) mass is 292 g/mol. The van der Waals surface area contributed by atoms with Crippen LogP contribution in [-0.2, 0) is 9.59 Å². The molecular formula is C13H20N4O2Si. The second-order valence-corrected chi connectivity index (χ2v) is 6.38. The fraction of sp³-hybridized carbons (Fsp3) is 0.538. The maximum atomic E-state index is 12.4. The number of rotatable bonds is 3. The maximum Gasteiger partial charge on any atom is 0.227 e. The van der Waals surface area contributed by atoms with E-state index in [4.69, 9.17) is 0 Å². The Balaban J connectivity index is 0.000000373. The predicted molar refractivity (Wildman–Crippen MR) is 78.8 cm³/mol. The van der Waals surface area contributed by atoms with Crippen LogP contribution < -0.4 is 4.98 Å². The molecule has 0 spiro atoms. The van der Waals surface area contributed by atoms with E-state index in [1.807, 2.05) is 21.7 Å². The minimum absolute atomic E-state index is 0.00546. The Kier molecular flexibility index (Phi) is 3.39. The highest BCUT2D eigenvalue weighted by molar-refractivity contribution is 6.22. The fourth-order valence-electron chi connectivity index (χ4n) is 2.28. The molecule has 0 saturated carbocycles. The molecule has 3 heterocycles. The van der Waals surface area contributed by atoms with E-state index in [-0.39, 0.29) is 11.6 Å². The van der Waals surface area contributed by atoms with E-state index in [1.54, 1.807) is 0 Å². The van der Waals surface area contributed by atoms with Gasteiger partial charge in [-0.15, -0.1) is 0 Å². The Morgan fingerprint density at radius 3 is 1.85 bits per heavy atom. The number of nitrogens with zero attached hydrogens (tertiary/aromatic N) is 3. The lowest BCUT2D eigenvalue weighted by Gasteiger charge is -2.21. The van der Waals surface area contributed by atoms with E-state index in [0.29, 0.717) is 17.1 Å². The Bertz CT molecular complexity index is 516. The zero-order chi connectivity index (χ0) is 14.3. The van der Waals surface area contributed by atoms with Gasteiger partial charge < -0.3 is 19.7 Å². The van der Waals surface area contributed by atoms with E-state index < -0.39 is 0 Å². The van der Waals surface area contributed by atoms with Gasteiger partial charge in [-0.2, -0.15) is 0 Å². The van der Waals surface area contributed by atoms with E-state index in [1.165, 1.54) is 6.08 Å². The van der Waals surface area contributed by atoms with Gasteiger partial charge in [-0.25, -0.2) is 0 Å². The standard InChI is InChI=1S/C12H13N3O2.CH7NSi/c16-9-7-8(13-1-2-13)12(17)11(15-5-6-15)10(9)14-3-4-14;1-2-3/h7H,1-6H2;2H,1,3H3. The third-order valence-electron chi connectivity index (χ3n) is 3.49. The largest absolute Gasteiger partial charge is 0.365 e. The Labute approximate surface area is 121 Å². The van der Waals surface area contributed by atoms with Crippen molar-refractivity contribution < 1.29 is 9.59 Å². The van der Waals surface area contributed by atoms with Crippen LogP contribution in [-0.4, -0.2) is 83.0 Å². The summed E-state index contributed by atoms with van der Waals surface area (Å²) in [5.74, 6) is 0.0485. The summed E-state index contributed by atoms with van der Waals surface area (Å²) in [6.45, 7) is 5.41. The van der Waals surface area contributed by atoms with Gasteiger partial charge in [0.1, 0.15) is 11.4 Å². The molecule has 20 heavy (non-hydrogen) atoms. The highest BCUT2D eigenvalue weighted by Gasteiger charge is 2.43. The molecule has 7 heteroatoms. The van der Waals surface area contributed by atoms with Crippen LogP contribution in [0.25, 0.3) is 0 Å². The molecule has 4 rings (SSSR count). The van der Waals surface area contributed by atoms with Gasteiger partial charge in [0.2, 0.25) is 11.6 Å². The zero-order valence-electron chi connectivity index (χ0n) is 12.0. The first-order chi connectivity index (χ1) is 9.67. The molecule has 108 valence electrons. The van der Waals surface area contributed by atoms with Gasteiger partial charge in [0, 0.05) is 45.3 Å². The summed E-state index contributed by atoms with van der Waals surface area (Å²) < 4.78 is 0. The minimum atomic E-state index is 0.00546. The molecule has 0 bridgehead atoms. The summed E-state index contributed by atoms with van der Waals surface area (Å²) in [5.41, 5.74) is 1.89. The van der Waals surface area contributed by atoms with Crippen molar-refractivity contribution in [3.8, 4) is 0 Å². The molecule has 4 aliphatic rings. The summed E-state index contributed by atoms with van der Waals surface area (Å²) in [6.07, 6.45) is 1.52. The Hall–Kier alpha value is -1.60. The number of ketones is 2. The average Bonchev–Trinajstić information content (AvgIpc) is 3.28. The quantitative estimate of drug-likeness (QED) is 0.358. The van der Waals surface area contributed by atoms with Crippen LogP contribution in [0.3, 0.4) is 0 Å². The van der Waals surface area contributed by atoms with Crippen LogP contribution in [0.15, 0.2) is 23.2 Å². The number of hydrogen-bond acceptors (Lipinski definition) is 6. The fourth-order valence-corrected chi connectivity index (χ4v) is 2.28. The van der Waals surface area contributed by atoms with Crippen LogP contribution in [0.5, 0.6) is 0 Å². The third-order valence-corrected chi connectivity index (χ3v) is 3.49. The van der Waals surface area contributed by atoms with Gasteiger partial charge in [-0.05, 0) is 7.05 Å². The average molecular weight is 292 g/mol. The van der Waals surface area contributed by atoms with Gasteiger partial charge in [0.15, 0.2) is 0 Å². The summed E-state index contributed by atoms with van der Waals surface area (Å²) in [7, 11) is 3.06. The predicted octanol–water partition coefficient (Wildman–Crippen LogP) is -2.33. The normalized spacial score (nSPS) is 23.6. The maximum absolute atomic E-state index is 12.4. The van der Waals surface area contributed by atoms with Gasteiger partial charge in [0.05, 0.1) is 16.1 Å². The first kappa shape index (κ1) is 13.4. The number of carbonyl (C=O) groups is 2. The van der Waals surface area contributed by atoms with Crippen molar-refractivity contribution >= 4 is 22.0 Å². The number of hydrogen-bond donors (Lipinski definition) is 1. The minimum Gasteiger partial charge on any atom is -0.365 e. The smallest absolute Gasteiger partial charge is 0.227 e. The number of Topliss-reactive ketones (excluding diaryl/α,β-unsaturated/α-hetero) is 1. The molecule has 3 saturated heterocycles. The molecule has 0 unspecified atom stereocenters. The SMILES string of the molecule is CN[SiH3].O=C1C=C(N2CC2)C(=O)C(N2CC2)=C1N1CC1. The molecule has 3 aliphatic heterocycles. The van der Waals surface area contributed by atoms with Crippen molar-refractivity contribution in [2.45, 2.75) is 0 Å². The van der Waals surface area contributed by atoms with E-state index >= 15 is 0 Å². The second kappa shape index (κ2) is 5.06. The summed E-state index contributed by atoms with van der Waals surface area (Å²) >= 11 is 0. The van der Waals surface area contributed by atoms with Crippen LogP contribution in [0.4, 0.5) is 0 Å². The van der Waals surface area contributed by atoms with E-state index in [2.05, 4.69) is 4.98 Å². The topological polar surface area (TPSA) is 55.2 Å². The molecule has 0 aromatic carbocycles. The molecule has 0 aromatic rings. The van der Waals surface area contributed by atoms with Crippen LogP contribution in [0, 0.1) is 0 Å². The zero-order valence-corrected chi connectivity index (χ0v) is 14.0. The van der Waals surface area contributed by atoms with Crippen molar-refractivity contribution in [2.75, 3.05) is 46.3 Å². The highest BCUT2D eigenvalue weighted by atomic mass is 28.2. The van der Waals surface area contributed by atoms with Gasteiger partial charge in [-0.3, -0.25) is 9.59 Å². The van der Waals surface area contributed by atoms with Crippen molar-refractivity contribution in [1.29, 1.82) is 0 Å². The van der Waals surface area contributed by atoms with Crippen LogP contribution in [0.2, 0.25) is 0 Å². The molecular weight excluding hydrogens is 272 g/mol. The van der Waals surface area contributed by atoms with Crippen LogP contribution in [0.1, 0.15) is 0 Å². The van der Waals surface area contributed by atoms with Gasteiger partial charge in [0.25, 0.3) is 0 Å². The van der Waals surface area contributed by atoms with Crippen molar-refractivity contribution in [3.63, 3.8) is 0 Å². The lowest BCUT2D eigenvalue weighted by atomic mass is 10.0. The molecule has 0 amide bonds.